The second-order valence-electron chi connectivity index (χ2n) is 7.75. The predicted molar refractivity (Wildman–Crippen MR) is 124 cm³/mol. The van der Waals surface area contributed by atoms with E-state index in [0.29, 0.717) is 32.7 Å². The number of carbonyl (C=O) groups excluding carboxylic acids is 2. The van der Waals surface area contributed by atoms with E-state index in [0.717, 1.165) is 26.9 Å². The van der Waals surface area contributed by atoms with E-state index in [9.17, 15) is 9.59 Å². The Bertz CT molecular complexity index is 910. The lowest BCUT2D eigenvalue weighted by Crippen LogP contribution is -2.53. The van der Waals surface area contributed by atoms with Crippen molar-refractivity contribution in [2.24, 2.45) is 0 Å². The Labute approximate surface area is 186 Å². The maximum absolute atomic E-state index is 12.6. The molecule has 0 aliphatic carbocycles. The third-order valence-electron chi connectivity index (χ3n) is 5.62. The van der Waals surface area contributed by atoms with Gasteiger partial charge in [-0.05, 0) is 49.6 Å². The molecule has 0 bridgehead atoms. The molecule has 3 amide bonds. The molecule has 2 aromatic rings. The lowest BCUT2D eigenvalue weighted by molar-refractivity contribution is -0.117. The molecule has 1 aliphatic rings. The van der Waals surface area contributed by atoms with Crippen molar-refractivity contribution in [3.63, 3.8) is 0 Å². The average Bonchev–Trinajstić information content (AvgIpc) is 2.72. The zero-order valence-electron chi connectivity index (χ0n) is 17.7. The minimum Gasteiger partial charge on any atom is -0.331 e. The minimum atomic E-state index is -0.0885. The number of nitrogens with zero attached hydrogens (tertiary/aromatic N) is 2. The number of carbonyl (C=O) groups is 2. The van der Waals surface area contributed by atoms with E-state index in [4.69, 9.17) is 0 Å². The summed E-state index contributed by atoms with van der Waals surface area (Å²) >= 11 is 3.54. The van der Waals surface area contributed by atoms with Crippen molar-refractivity contribution in [1.82, 2.24) is 15.1 Å². The number of rotatable bonds is 5. The van der Waals surface area contributed by atoms with Crippen LogP contribution in [0.25, 0.3) is 0 Å². The van der Waals surface area contributed by atoms with Gasteiger partial charge in [-0.3, -0.25) is 9.69 Å². The molecule has 2 N–H and O–H groups in total. The van der Waals surface area contributed by atoms with Crippen LogP contribution in [-0.4, -0.2) is 54.5 Å². The second kappa shape index (κ2) is 10.1. The highest BCUT2D eigenvalue weighted by molar-refractivity contribution is 9.10. The third-order valence-corrected chi connectivity index (χ3v) is 6.34. The van der Waals surface area contributed by atoms with E-state index in [1.807, 2.05) is 68.1 Å². The molecular weight excluding hydrogens is 444 g/mol. The summed E-state index contributed by atoms with van der Waals surface area (Å²) < 4.78 is 0.984. The van der Waals surface area contributed by atoms with Crippen LogP contribution in [0.4, 0.5) is 10.5 Å². The van der Waals surface area contributed by atoms with Gasteiger partial charge in [-0.2, -0.15) is 0 Å². The number of nitrogens with one attached hydrogen (secondary N) is 2. The van der Waals surface area contributed by atoms with Gasteiger partial charge in [-0.25, -0.2) is 4.79 Å². The smallest absolute Gasteiger partial charge is 0.317 e. The van der Waals surface area contributed by atoms with Gasteiger partial charge < -0.3 is 15.5 Å². The first-order chi connectivity index (χ1) is 14.3. The fourth-order valence-corrected chi connectivity index (χ4v) is 4.20. The summed E-state index contributed by atoms with van der Waals surface area (Å²) in [6.45, 7) is 8.91. The van der Waals surface area contributed by atoms with E-state index in [-0.39, 0.29) is 18.0 Å². The Morgan fingerprint density at radius 3 is 2.43 bits per heavy atom. The number of hydrogen-bond donors (Lipinski definition) is 2. The maximum Gasteiger partial charge on any atom is 0.317 e. The quantitative estimate of drug-likeness (QED) is 0.688. The zero-order valence-corrected chi connectivity index (χ0v) is 19.3. The summed E-state index contributed by atoms with van der Waals surface area (Å²) in [4.78, 5) is 29.0. The van der Waals surface area contributed by atoms with Crippen molar-refractivity contribution in [2.75, 3.05) is 38.0 Å². The van der Waals surface area contributed by atoms with Crippen molar-refractivity contribution < 1.29 is 9.59 Å². The summed E-state index contributed by atoms with van der Waals surface area (Å²) in [5.74, 6) is -0.0239. The molecule has 1 fully saturated rings. The number of anilines is 1. The fourth-order valence-electron chi connectivity index (χ4n) is 3.57. The van der Waals surface area contributed by atoms with Crippen LogP contribution in [0.15, 0.2) is 46.9 Å². The maximum atomic E-state index is 12.6. The molecule has 7 heteroatoms. The van der Waals surface area contributed by atoms with Gasteiger partial charge >= 0.3 is 6.03 Å². The van der Waals surface area contributed by atoms with Crippen LogP contribution in [-0.2, 0) is 4.79 Å². The van der Waals surface area contributed by atoms with Crippen LogP contribution in [0.1, 0.15) is 29.7 Å². The van der Waals surface area contributed by atoms with Crippen LogP contribution in [0.2, 0.25) is 0 Å². The van der Waals surface area contributed by atoms with E-state index >= 15 is 0 Å². The Morgan fingerprint density at radius 1 is 1.03 bits per heavy atom. The summed E-state index contributed by atoms with van der Waals surface area (Å²) in [5, 5.41) is 6.07. The third kappa shape index (κ3) is 5.61. The van der Waals surface area contributed by atoms with Crippen LogP contribution in [0.3, 0.4) is 0 Å². The van der Waals surface area contributed by atoms with Crippen molar-refractivity contribution in [1.29, 1.82) is 0 Å². The Hall–Kier alpha value is -2.38. The first kappa shape index (κ1) is 22.3. The van der Waals surface area contributed by atoms with E-state index in [2.05, 4.69) is 31.5 Å². The summed E-state index contributed by atoms with van der Waals surface area (Å²) in [6, 6.07) is 13.6. The summed E-state index contributed by atoms with van der Waals surface area (Å²) in [6.07, 6.45) is 0. The monoisotopic (exact) mass is 472 g/mol. The molecule has 1 saturated heterocycles. The SMILES string of the molecule is Cc1cccc(NC(=O)CN2CCN(C(=O)N[C@H](C)c3ccccc3Br)CC2)c1C. The van der Waals surface area contributed by atoms with Gasteiger partial charge in [0.1, 0.15) is 0 Å². The molecule has 3 rings (SSSR count). The molecule has 30 heavy (non-hydrogen) atoms. The summed E-state index contributed by atoms with van der Waals surface area (Å²) in [5.41, 5.74) is 4.15. The standard InChI is InChI=1S/C23H29BrN4O2/c1-16-7-6-10-21(17(16)2)26-22(29)15-27-11-13-28(14-12-27)23(30)25-18(3)19-8-4-5-9-20(19)24/h4-10,18H,11-15H2,1-3H3,(H,25,30)(H,26,29)/t18-/m1/s1. The van der Waals surface area contributed by atoms with Gasteiger partial charge in [0.25, 0.3) is 0 Å². The molecule has 1 heterocycles. The molecule has 6 nitrogen and oxygen atoms in total. The Kier molecular flexibility index (Phi) is 7.50. The van der Waals surface area contributed by atoms with Crippen LogP contribution < -0.4 is 10.6 Å². The lowest BCUT2D eigenvalue weighted by atomic mass is 10.1. The number of amides is 3. The largest absolute Gasteiger partial charge is 0.331 e. The Morgan fingerprint density at radius 2 is 1.73 bits per heavy atom. The molecule has 1 atom stereocenters. The summed E-state index contributed by atoms with van der Waals surface area (Å²) in [7, 11) is 0. The lowest BCUT2D eigenvalue weighted by Gasteiger charge is -2.35. The molecule has 160 valence electrons. The van der Waals surface area contributed by atoms with Gasteiger partial charge in [0.15, 0.2) is 0 Å². The normalized spacial score (nSPS) is 15.5. The number of urea groups is 1. The van der Waals surface area contributed by atoms with Crippen LogP contribution in [0.5, 0.6) is 0 Å². The predicted octanol–water partition coefficient (Wildman–Crippen LogP) is 4.09. The van der Waals surface area contributed by atoms with E-state index in [1.54, 1.807) is 0 Å². The second-order valence-corrected chi connectivity index (χ2v) is 8.61. The van der Waals surface area contributed by atoms with Gasteiger partial charge in [0.05, 0.1) is 12.6 Å². The zero-order chi connectivity index (χ0) is 21.7. The molecule has 0 radical (unpaired) electrons. The topological polar surface area (TPSA) is 64.7 Å². The van der Waals surface area contributed by atoms with Crippen molar-refractivity contribution in [2.45, 2.75) is 26.8 Å². The molecule has 0 aromatic heterocycles. The van der Waals surface area contributed by atoms with E-state index < -0.39 is 0 Å². The molecule has 1 aliphatic heterocycles. The highest BCUT2D eigenvalue weighted by Crippen LogP contribution is 2.23. The average molecular weight is 473 g/mol. The fraction of sp³-hybridized carbons (Fsp3) is 0.391. The molecular formula is C23H29BrN4O2. The number of hydrogen-bond acceptors (Lipinski definition) is 3. The number of aryl methyl sites for hydroxylation is 1. The molecule has 0 spiro atoms. The van der Waals surface area contributed by atoms with Crippen molar-refractivity contribution in [3.05, 3.63) is 63.6 Å². The van der Waals surface area contributed by atoms with Crippen molar-refractivity contribution in [3.8, 4) is 0 Å². The Balaban J connectivity index is 1.46. The number of piperazine rings is 1. The minimum absolute atomic E-state index is 0.0239. The molecule has 0 unspecified atom stereocenters. The number of halogens is 1. The molecule has 0 saturated carbocycles. The van der Waals surface area contributed by atoms with Gasteiger partial charge in [0.2, 0.25) is 5.91 Å². The first-order valence-corrected chi connectivity index (χ1v) is 11.0. The van der Waals surface area contributed by atoms with E-state index in [1.165, 1.54) is 0 Å². The van der Waals surface area contributed by atoms with Crippen molar-refractivity contribution >= 4 is 33.6 Å². The van der Waals surface area contributed by atoms with Crippen LogP contribution >= 0.6 is 15.9 Å². The van der Waals surface area contributed by atoms with Crippen LogP contribution in [0, 0.1) is 13.8 Å². The van der Waals surface area contributed by atoms with Gasteiger partial charge in [-0.1, -0.05) is 46.3 Å². The highest BCUT2D eigenvalue weighted by Gasteiger charge is 2.24. The van der Waals surface area contributed by atoms with Gasteiger partial charge in [-0.15, -0.1) is 0 Å². The number of benzene rings is 2. The molecule has 2 aromatic carbocycles. The highest BCUT2D eigenvalue weighted by atomic mass is 79.9. The van der Waals surface area contributed by atoms with Gasteiger partial charge in [0, 0.05) is 36.3 Å². The first-order valence-electron chi connectivity index (χ1n) is 10.2.